The Morgan fingerprint density at radius 3 is 2.56 bits per heavy atom. The van der Waals surface area contributed by atoms with Crippen LogP contribution in [0.5, 0.6) is 17.2 Å². The second kappa shape index (κ2) is 9.50. The van der Waals surface area contributed by atoms with E-state index in [1.807, 2.05) is 25.1 Å². The number of amides is 1. The van der Waals surface area contributed by atoms with Crippen molar-refractivity contribution in [2.24, 2.45) is 0 Å². The van der Waals surface area contributed by atoms with Crippen LogP contribution in [0.2, 0.25) is 0 Å². The molecule has 8 nitrogen and oxygen atoms in total. The van der Waals surface area contributed by atoms with Crippen molar-refractivity contribution >= 4 is 26.7 Å². The molecule has 1 aromatic heterocycles. The Morgan fingerprint density at radius 2 is 1.91 bits per heavy atom. The van der Waals surface area contributed by atoms with Crippen molar-refractivity contribution < 1.29 is 27.1 Å². The molecule has 180 valence electrons. The third-order valence-electron chi connectivity index (χ3n) is 5.88. The minimum atomic E-state index is -3.11. The highest BCUT2D eigenvalue weighted by Crippen LogP contribution is 2.28. The second-order valence-corrected chi connectivity index (χ2v) is 10.6. The summed E-state index contributed by atoms with van der Waals surface area (Å²) in [6, 6.07) is 13.4. The summed E-state index contributed by atoms with van der Waals surface area (Å²) in [6.07, 6.45) is -0.406. The van der Waals surface area contributed by atoms with Gasteiger partial charge in [0.05, 0.1) is 16.9 Å². The van der Waals surface area contributed by atoms with E-state index >= 15 is 0 Å². The van der Waals surface area contributed by atoms with Gasteiger partial charge in [0.2, 0.25) is 11.2 Å². The van der Waals surface area contributed by atoms with Crippen molar-refractivity contribution in [3.05, 3.63) is 64.5 Å². The number of fused-ring (bicyclic) bond motifs is 1. The molecule has 2 aromatic carbocycles. The van der Waals surface area contributed by atoms with Crippen LogP contribution in [0.3, 0.4) is 0 Å². The van der Waals surface area contributed by atoms with Gasteiger partial charge in [0.1, 0.15) is 22.8 Å². The van der Waals surface area contributed by atoms with E-state index in [1.54, 1.807) is 49.1 Å². The van der Waals surface area contributed by atoms with Crippen molar-refractivity contribution in [2.45, 2.75) is 39.3 Å². The summed E-state index contributed by atoms with van der Waals surface area (Å²) >= 11 is 0. The highest BCUT2D eigenvalue weighted by molar-refractivity contribution is 7.91. The molecule has 1 aliphatic heterocycles. The lowest BCUT2D eigenvalue weighted by atomic mass is 10.2. The Balaban J connectivity index is 1.54. The monoisotopic (exact) mass is 485 g/mol. The Kier molecular flexibility index (Phi) is 6.65. The minimum Gasteiger partial charge on any atom is -0.481 e. The summed E-state index contributed by atoms with van der Waals surface area (Å²) in [6.45, 7) is 5.48. The minimum absolute atomic E-state index is 0.0207. The number of para-hydroxylation sites is 1. The van der Waals surface area contributed by atoms with Crippen LogP contribution in [-0.2, 0) is 14.6 Å². The maximum absolute atomic E-state index is 13.0. The first-order valence-corrected chi connectivity index (χ1v) is 13.0. The zero-order valence-corrected chi connectivity index (χ0v) is 20.1. The zero-order valence-electron chi connectivity index (χ0n) is 19.3. The number of nitrogens with zero attached hydrogens (tertiary/aromatic N) is 1. The van der Waals surface area contributed by atoms with Crippen LogP contribution in [-0.4, -0.2) is 49.4 Å². The lowest BCUT2D eigenvalue weighted by molar-refractivity contribution is -0.139. The maximum Gasteiger partial charge on any atom is 0.263 e. The van der Waals surface area contributed by atoms with Gasteiger partial charge in [0, 0.05) is 18.7 Å². The number of aryl methyl sites for hydroxylation is 1. The first-order valence-electron chi connectivity index (χ1n) is 11.2. The van der Waals surface area contributed by atoms with Crippen molar-refractivity contribution in [1.29, 1.82) is 0 Å². The van der Waals surface area contributed by atoms with Gasteiger partial charge in [-0.05, 0) is 51.5 Å². The number of carbonyl (C=O) groups excluding carboxylic acids is 1. The van der Waals surface area contributed by atoms with Gasteiger partial charge in [-0.15, -0.1) is 0 Å². The molecule has 3 aromatic rings. The average Bonchev–Trinajstić information content (AvgIpc) is 3.16. The van der Waals surface area contributed by atoms with Gasteiger partial charge in [0.15, 0.2) is 15.9 Å². The molecule has 2 heterocycles. The first-order chi connectivity index (χ1) is 16.2. The number of hydrogen-bond donors (Lipinski definition) is 0. The Morgan fingerprint density at radius 1 is 1.18 bits per heavy atom. The number of hydrogen-bond acceptors (Lipinski definition) is 7. The molecule has 2 atom stereocenters. The van der Waals surface area contributed by atoms with Crippen LogP contribution >= 0.6 is 0 Å². The number of ether oxygens (including phenoxy) is 2. The molecule has 0 bridgehead atoms. The third kappa shape index (κ3) is 4.94. The molecular formula is C25H27NO7S. The van der Waals surface area contributed by atoms with Crippen LogP contribution in [0, 0.1) is 6.92 Å². The summed E-state index contributed by atoms with van der Waals surface area (Å²) in [4.78, 5) is 27.5. The summed E-state index contributed by atoms with van der Waals surface area (Å²) in [5.41, 5.74) is 0.00664. The highest BCUT2D eigenvalue weighted by atomic mass is 32.2. The molecule has 1 aliphatic rings. The van der Waals surface area contributed by atoms with Gasteiger partial charge < -0.3 is 18.8 Å². The number of benzene rings is 2. The van der Waals surface area contributed by atoms with Gasteiger partial charge in [-0.2, -0.15) is 0 Å². The van der Waals surface area contributed by atoms with Crippen molar-refractivity contribution in [3.8, 4) is 17.2 Å². The molecule has 0 aliphatic carbocycles. The quantitative estimate of drug-likeness (QED) is 0.503. The lowest BCUT2D eigenvalue weighted by Gasteiger charge is -2.29. The van der Waals surface area contributed by atoms with E-state index in [0.29, 0.717) is 41.2 Å². The molecular weight excluding hydrogens is 458 g/mol. The largest absolute Gasteiger partial charge is 0.481 e. The molecule has 0 spiro atoms. The van der Waals surface area contributed by atoms with E-state index in [4.69, 9.17) is 13.9 Å². The van der Waals surface area contributed by atoms with E-state index in [2.05, 4.69) is 0 Å². The highest BCUT2D eigenvalue weighted by Gasteiger charge is 2.35. The molecule has 34 heavy (non-hydrogen) atoms. The van der Waals surface area contributed by atoms with Crippen LogP contribution < -0.4 is 14.9 Å². The smallest absolute Gasteiger partial charge is 0.263 e. The summed E-state index contributed by atoms with van der Waals surface area (Å²) in [5.74, 6) is 1.11. The summed E-state index contributed by atoms with van der Waals surface area (Å²) in [7, 11) is -3.11. The summed E-state index contributed by atoms with van der Waals surface area (Å²) < 4.78 is 41.1. The molecule has 1 fully saturated rings. The SMILES string of the molecule is CCN(C(=O)[C@H](C)Oc1ccc2c(=O)c(Oc3ccccc3)c(C)oc2c1)[C@@H]1CCS(=O)(=O)C1. The van der Waals surface area contributed by atoms with E-state index in [1.165, 1.54) is 0 Å². The van der Waals surface area contributed by atoms with E-state index < -0.39 is 15.9 Å². The number of sulfone groups is 1. The maximum atomic E-state index is 13.0. The van der Waals surface area contributed by atoms with Gasteiger partial charge in [-0.25, -0.2) is 8.42 Å². The van der Waals surface area contributed by atoms with Crippen molar-refractivity contribution in [2.75, 3.05) is 18.1 Å². The normalized spacial score (nSPS) is 17.9. The van der Waals surface area contributed by atoms with Crippen LogP contribution in [0.4, 0.5) is 0 Å². The lowest BCUT2D eigenvalue weighted by Crippen LogP contribution is -2.46. The van der Waals surface area contributed by atoms with Crippen LogP contribution in [0.15, 0.2) is 57.7 Å². The molecule has 0 unspecified atom stereocenters. The number of carbonyl (C=O) groups is 1. The van der Waals surface area contributed by atoms with E-state index in [9.17, 15) is 18.0 Å². The van der Waals surface area contributed by atoms with E-state index in [0.717, 1.165) is 0 Å². The van der Waals surface area contributed by atoms with E-state index in [-0.39, 0.29) is 34.6 Å². The Hall–Kier alpha value is -3.33. The number of likely N-dealkylation sites (N-methyl/N-ethyl adjacent to an activating group) is 1. The topological polar surface area (TPSA) is 103 Å². The van der Waals surface area contributed by atoms with Crippen molar-refractivity contribution in [3.63, 3.8) is 0 Å². The van der Waals surface area contributed by atoms with Gasteiger partial charge in [0.25, 0.3) is 5.91 Å². The van der Waals surface area contributed by atoms with Gasteiger partial charge in [-0.1, -0.05) is 18.2 Å². The molecule has 0 N–H and O–H groups in total. The Bertz CT molecular complexity index is 1370. The molecule has 1 saturated heterocycles. The fourth-order valence-electron chi connectivity index (χ4n) is 4.17. The standard InChI is InChI=1S/C25H27NO7S/c1-4-26(18-12-13-34(29,30)15-18)25(28)17(3)31-20-10-11-21-22(14-20)32-16(2)24(23(21)27)33-19-8-6-5-7-9-19/h5-11,14,17-18H,4,12-13,15H2,1-3H3/t17-,18+/m0/s1. The Labute approximate surface area is 198 Å². The van der Waals surface area contributed by atoms with Gasteiger partial charge >= 0.3 is 0 Å². The fourth-order valence-corrected chi connectivity index (χ4v) is 5.90. The molecule has 0 radical (unpaired) electrons. The molecule has 0 saturated carbocycles. The van der Waals surface area contributed by atoms with Crippen LogP contribution in [0.25, 0.3) is 11.0 Å². The van der Waals surface area contributed by atoms with Crippen molar-refractivity contribution in [1.82, 2.24) is 4.90 Å². The predicted molar refractivity (Wildman–Crippen MR) is 128 cm³/mol. The average molecular weight is 486 g/mol. The third-order valence-corrected chi connectivity index (χ3v) is 7.63. The van der Waals surface area contributed by atoms with Gasteiger partial charge in [-0.3, -0.25) is 9.59 Å². The fraction of sp³-hybridized carbons (Fsp3) is 0.360. The summed E-state index contributed by atoms with van der Waals surface area (Å²) in [5, 5.41) is 0.328. The molecule has 1 amide bonds. The van der Waals surface area contributed by atoms with Crippen LogP contribution in [0.1, 0.15) is 26.0 Å². The molecule has 4 rings (SSSR count). The first kappa shape index (κ1) is 23.8. The predicted octanol–water partition coefficient (Wildman–Crippen LogP) is 3.70. The second-order valence-electron chi connectivity index (χ2n) is 8.33. The number of rotatable bonds is 7. The zero-order chi connectivity index (χ0) is 24.5. The molecule has 9 heteroatoms.